The zero-order valence-electron chi connectivity index (χ0n) is 14.4. The smallest absolute Gasteiger partial charge is 0.268 e. The van der Waals surface area contributed by atoms with Gasteiger partial charge in [0.15, 0.2) is 0 Å². The fourth-order valence-electron chi connectivity index (χ4n) is 3.51. The van der Waals surface area contributed by atoms with Gasteiger partial charge in [0.05, 0.1) is 29.5 Å². The lowest BCUT2D eigenvalue weighted by Gasteiger charge is -2.21. The van der Waals surface area contributed by atoms with Crippen molar-refractivity contribution in [1.82, 2.24) is 19.7 Å². The van der Waals surface area contributed by atoms with Gasteiger partial charge in [0.25, 0.3) is 5.56 Å². The fourth-order valence-corrected chi connectivity index (χ4v) is 3.51. The summed E-state index contributed by atoms with van der Waals surface area (Å²) in [4.78, 5) is 21.5. The van der Waals surface area contributed by atoms with Crippen molar-refractivity contribution in [3.8, 4) is 6.07 Å². The lowest BCUT2D eigenvalue weighted by atomic mass is 10.1. The Kier molecular flexibility index (Phi) is 4.35. The first-order valence-electron chi connectivity index (χ1n) is 8.62. The molecule has 1 fully saturated rings. The number of hydrogen-bond donors (Lipinski definition) is 3. The van der Waals surface area contributed by atoms with E-state index in [0.717, 1.165) is 6.42 Å². The summed E-state index contributed by atoms with van der Waals surface area (Å²) in [7, 11) is 0. The summed E-state index contributed by atoms with van der Waals surface area (Å²) in [5.74, 6) is 0. The number of rotatable bonds is 4. The van der Waals surface area contributed by atoms with Gasteiger partial charge >= 0.3 is 0 Å². The van der Waals surface area contributed by atoms with Gasteiger partial charge in [-0.25, -0.2) is 4.98 Å². The monoisotopic (exact) mass is 366 g/mol. The molecule has 138 valence electrons. The molecule has 3 N–H and O–H groups in total. The van der Waals surface area contributed by atoms with Crippen LogP contribution in [0.25, 0.3) is 11.0 Å². The highest BCUT2D eigenvalue weighted by Gasteiger charge is 2.29. The molecule has 2 atom stereocenters. The predicted octanol–water partition coefficient (Wildman–Crippen LogP) is 0.468. The van der Waals surface area contributed by atoms with Gasteiger partial charge in [-0.1, -0.05) is 0 Å². The van der Waals surface area contributed by atoms with E-state index in [2.05, 4.69) is 15.1 Å². The van der Waals surface area contributed by atoms with Gasteiger partial charge in [-0.3, -0.25) is 9.48 Å². The minimum atomic E-state index is -1.13. The molecule has 3 aromatic heterocycles. The average molecular weight is 366 g/mol. The highest BCUT2D eigenvalue weighted by molar-refractivity contribution is 5.91. The number of aliphatic hydroxyl groups is 2. The molecule has 1 aliphatic heterocycles. The van der Waals surface area contributed by atoms with Crippen LogP contribution in [0.3, 0.4) is 0 Å². The second-order valence-corrected chi connectivity index (χ2v) is 6.49. The number of nitrogens with one attached hydrogen (secondary N) is 1. The third-order valence-electron chi connectivity index (χ3n) is 4.86. The van der Waals surface area contributed by atoms with E-state index >= 15 is 0 Å². The maximum absolute atomic E-state index is 12.4. The fraction of sp³-hybridized carbons (Fsp3) is 0.333. The van der Waals surface area contributed by atoms with Crippen LogP contribution in [0.4, 0.5) is 5.69 Å². The van der Waals surface area contributed by atoms with Gasteiger partial charge in [0.2, 0.25) is 0 Å². The van der Waals surface area contributed by atoms with Gasteiger partial charge < -0.3 is 20.1 Å². The van der Waals surface area contributed by atoms with Crippen LogP contribution < -0.4 is 10.5 Å². The number of anilines is 1. The van der Waals surface area contributed by atoms with E-state index in [9.17, 15) is 20.3 Å². The SMILES string of the molecule is N#Cc1c(N2CCC(n3cccn3)C2)c2nc(C(O)CO)ccc2[nH]c1=O. The third-order valence-corrected chi connectivity index (χ3v) is 4.86. The lowest BCUT2D eigenvalue weighted by Crippen LogP contribution is -2.26. The average Bonchev–Trinajstić information content (AvgIpc) is 3.37. The summed E-state index contributed by atoms with van der Waals surface area (Å²) in [5.41, 5.74) is 1.16. The lowest BCUT2D eigenvalue weighted by molar-refractivity contribution is 0.0925. The van der Waals surface area contributed by atoms with Gasteiger partial charge in [0.1, 0.15) is 23.3 Å². The molecule has 0 radical (unpaired) electrons. The number of fused-ring (bicyclic) bond motifs is 1. The van der Waals surface area contributed by atoms with Gasteiger partial charge in [-0.05, 0) is 24.6 Å². The second-order valence-electron chi connectivity index (χ2n) is 6.49. The summed E-state index contributed by atoms with van der Waals surface area (Å²) in [6.45, 7) is 0.767. The zero-order chi connectivity index (χ0) is 19.0. The van der Waals surface area contributed by atoms with Crippen LogP contribution in [-0.2, 0) is 0 Å². The van der Waals surface area contributed by atoms with E-state index < -0.39 is 18.3 Å². The van der Waals surface area contributed by atoms with E-state index in [4.69, 9.17) is 0 Å². The predicted molar refractivity (Wildman–Crippen MR) is 97.2 cm³/mol. The van der Waals surface area contributed by atoms with Gasteiger partial charge in [0, 0.05) is 25.5 Å². The number of H-pyrrole nitrogens is 1. The second kappa shape index (κ2) is 6.83. The van der Waals surface area contributed by atoms with Gasteiger partial charge in [-0.15, -0.1) is 0 Å². The summed E-state index contributed by atoms with van der Waals surface area (Å²) < 4.78 is 1.87. The van der Waals surface area contributed by atoms with Crippen molar-refractivity contribution in [3.63, 3.8) is 0 Å². The molecule has 0 bridgehead atoms. The number of hydrogen-bond acceptors (Lipinski definition) is 7. The van der Waals surface area contributed by atoms with Crippen LogP contribution in [0.15, 0.2) is 35.4 Å². The van der Waals surface area contributed by atoms with E-state index in [1.165, 1.54) is 0 Å². The number of nitriles is 1. The van der Waals surface area contributed by atoms with Gasteiger partial charge in [-0.2, -0.15) is 10.4 Å². The molecule has 9 heteroatoms. The number of aliphatic hydroxyl groups excluding tert-OH is 2. The normalized spacial score (nSPS) is 18.0. The van der Waals surface area contributed by atoms with Crippen molar-refractivity contribution in [1.29, 1.82) is 5.26 Å². The number of aromatic amines is 1. The van der Waals surface area contributed by atoms with Crippen molar-refractivity contribution in [2.45, 2.75) is 18.6 Å². The number of nitrogens with zero attached hydrogens (tertiary/aromatic N) is 5. The van der Waals surface area contributed by atoms with E-state index in [-0.39, 0.29) is 17.3 Å². The van der Waals surface area contributed by atoms with Crippen LogP contribution in [0, 0.1) is 11.3 Å². The quantitative estimate of drug-likeness (QED) is 0.611. The first-order valence-corrected chi connectivity index (χ1v) is 8.62. The van der Waals surface area contributed by atoms with Crippen molar-refractivity contribution >= 4 is 16.7 Å². The van der Waals surface area contributed by atoms with Crippen molar-refractivity contribution < 1.29 is 10.2 Å². The molecular formula is C18H18N6O3. The standard InChI is InChI=1S/C18H18N6O3/c19-8-12-17(23-7-4-11(9-23)24-6-1-5-20-24)16-14(22-18(12)27)3-2-13(21-16)15(26)10-25/h1-3,5-6,11,15,25-26H,4,7,9-10H2,(H,22,27). The maximum Gasteiger partial charge on any atom is 0.268 e. The van der Waals surface area contributed by atoms with Crippen molar-refractivity contribution in [3.05, 3.63) is 52.2 Å². The number of pyridine rings is 2. The molecule has 1 aliphatic rings. The molecule has 2 unspecified atom stereocenters. The Morgan fingerprint density at radius 1 is 1.44 bits per heavy atom. The maximum atomic E-state index is 12.4. The van der Waals surface area contributed by atoms with Crippen LogP contribution >= 0.6 is 0 Å². The Labute approximate surface area is 154 Å². The first kappa shape index (κ1) is 17.2. The van der Waals surface area contributed by atoms with Crippen LogP contribution in [-0.4, -0.2) is 49.7 Å². The third kappa shape index (κ3) is 2.95. The Hall–Kier alpha value is -3.22. The van der Waals surface area contributed by atoms with Crippen LogP contribution in [0.2, 0.25) is 0 Å². The molecule has 0 amide bonds. The minimum absolute atomic E-state index is 0.00764. The Bertz CT molecular complexity index is 1070. The molecule has 0 aliphatic carbocycles. The van der Waals surface area contributed by atoms with Crippen molar-refractivity contribution in [2.24, 2.45) is 0 Å². The molecule has 3 aromatic rings. The van der Waals surface area contributed by atoms with Crippen molar-refractivity contribution in [2.75, 3.05) is 24.6 Å². The molecule has 0 aromatic carbocycles. The van der Waals surface area contributed by atoms with E-state index in [0.29, 0.717) is 29.8 Å². The Balaban J connectivity index is 1.84. The first-order chi connectivity index (χ1) is 13.1. The summed E-state index contributed by atoms with van der Waals surface area (Å²) in [5, 5.41) is 33.0. The summed E-state index contributed by atoms with van der Waals surface area (Å²) >= 11 is 0. The molecule has 0 saturated carbocycles. The molecular weight excluding hydrogens is 348 g/mol. The minimum Gasteiger partial charge on any atom is -0.393 e. The largest absolute Gasteiger partial charge is 0.393 e. The molecule has 4 heterocycles. The topological polar surface area (TPSA) is 131 Å². The molecule has 9 nitrogen and oxygen atoms in total. The highest BCUT2D eigenvalue weighted by Crippen LogP contribution is 2.32. The highest BCUT2D eigenvalue weighted by atomic mass is 16.3. The molecule has 1 saturated heterocycles. The van der Waals surface area contributed by atoms with Crippen LogP contribution in [0.5, 0.6) is 0 Å². The number of aromatic nitrogens is 4. The molecule has 27 heavy (non-hydrogen) atoms. The zero-order valence-corrected chi connectivity index (χ0v) is 14.4. The molecule has 0 spiro atoms. The summed E-state index contributed by atoms with van der Waals surface area (Å²) in [6, 6.07) is 7.15. The summed E-state index contributed by atoms with van der Waals surface area (Å²) in [6.07, 6.45) is 3.30. The molecule has 4 rings (SSSR count). The Morgan fingerprint density at radius 2 is 2.30 bits per heavy atom. The Morgan fingerprint density at radius 3 is 3.00 bits per heavy atom. The van der Waals surface area contributed by atoms with E-state index in [1.54, 1.807) is 18.3 Å². The van der Waals surface area contributed by atoms with Crippen LogP contribution in [0.1, 0.15) is 29.8 Å². The van der Waals surface area contributed by atoms with E-state index in [1.807, 2.05) is 27.9 Å².